The summed E-state index contributed by atoms with van der Waals surface area (Å²) in [7, 11) is 1.63. The van der Waals surface area contributed by atoms with Crippen LogP contribution in [0.15, 0.2) is 85.6 Å². The molecule has 1 aliphatic heterocycles. The fourth-order valence-electron chi connectivity index (χ4n) is 5.03. The average Bonchev–Trinajstić information content (AvgIpc) is 3.44. The lowest BCUT2D eigenvalue weighted by atomic mass is 10.0. The molecule has 4 aromatic heterocycles. The molecule has 1 fully saturated rings. The van der Waals surface area contributed by atoms with E-state index in [-0.39, 0.29) is 0 Å². The number of methoxy groups -OCH3 is 1. The van der Waals surface area contributed by atoms with Gasteiger partial charge in [-0.2, -0.15) is 10.4 Å². The lowest BCUT2D eigenvalue weighted by Crippen LogP contribution is -2.45. The Kier molecular flexibility index (Phi) is 7.24. The molecule has 6 rings (SSSR count). The Morgan fingerprint density at radius 1 is 0.950 bits per heavy atom. The van der Waals surface area contributed by atoms with Crippen molar-refractivity contribution in [1.29, 1.82) is 5.26 Å². The van der Waals surface area contributed by atoms with Crippen LogP contribution >= 0.6 is 0 Å². The van der Waals surface area contributed by atoms with Crippen LogP contribution in [0, 0.1) is 11.3 Å². The number of nitriles is 1. The van der Waals surface area contributed by atoms with Gasteiger partial charge in [-0.05, 0) is 35.4 Å². The zero-order valence-electron chi connectivity index (χ0n) is 22.3. The number of aromatic nitrogens is 4. The van der Waals surface area contributed by atoms with Gasteiger partial charge in [0.2, 0.25) is 5.88 Å². The van der Waals surface area contributed by atoms with Crippen LogP contribution in [0.2, 0.25) is 0 Å². The van der Waals surface area contributed by atoms with E-state index in [1.54, 1.807) is 30.2 Å². The second kappa shape index (κ2) is 11.4. The molecular weight excluding hydrogens is 502 g/mol. The first kappa shape index (κ1) is 25.3. The minimum absolute atomic E-state index is 0.394. The molecule has 40 heavy (non-hydrogen) atoms. The highest BCUT2D eigenvalue weighted by Gasteiger charge is 2.19. The van der Waals surface area contributed by atoms with Crippen molar-refractivity contribution in [3.8, 4) is 28.8 Å². The van der Waals surface area contributed by atoms with Gasteiger partial charge >= 0.3 is 0 Å². The van der Waals surface area contributed by atoms with E-state index in [1.165, 1.54) is 11.3 Å². The monoisotopic (exact) mass is 531 g/mol. The molecule has 9 heteroatoms. The number of hydrogen-bond acceptors (Lipinski definition) is 8. The number of nitrogens with zero attached hydrogens (tertiary/aromatic N) is 7. The van der Waals surface area contributed by atoms with Gasteiger partial charge in [0, 0.05) is 74.2 Å². The maximum absolute atomic E-state index is 9.71. The standard InChI is InChI=1S/C31H29N7O2/c1-39-30-9-4-23(18-34-30)20-36-11-13-37(14-12-36)27-7-5-25(6-8-27)29-15-28(40-22-24-3-2-10-33-17-24)21-38-31(29)26(16-32)19-35-38/h2-10,15,17-19,21H,11-14,20,22H2,1H3. The number of rotatable bonds is 8. The van der Waals surface area contributed by atoms with E-state index in [0.717, 1.165) is 54.9 Å². The molecular formula is C31H29N7O2. The summed E-state index contributed by atoms with van der Waals surface area (Å²) in [5, 5.41) is 14.1. The molecule has 0 aliphatic carbocycles. The van der Waals surface area contributed by atoms with Crippen LogP contribution in [0.25, 0.3) is 16.6 Å². The van der Waals surface area contributed by atoms with Crippen molar-refractivity contribution >= 4 is 11.2 Å². The summed E-state index contributed by atoms with van der Waals surface area (Å²) in [5.41, 5.74) is 6.56. The van der Waals surface area contributed by atoms with E-state index in [4.69, 9.17) is 9.47 Å². The van der Waals surface area contributed by atoms with E-state index >= 15 is 0 Å². The Morgan fingerprint density at radius 2 is 1.80 bits per heavy atom. The maximum Gasteiger partial charge on any atom is 0.212 e. The third-order valence-corrected chi connectivity index (χ3v) is 7.16. The third kappa shape index (κ3) is 5.44. The Labute approximate surface area is 232 Å². The third-order valence-electron chi connectivity index (χ3n) is 7.16. The molecule has 0 amide bonds. The molecule has 0 radical (unpaired) electrons. The van der Waals surface area contributed by atoms with E-state index in [0.29, 0.717) is 23.8 Å². The minimum atomic E-state index is 0.394. The van der Waals surface area contributed by atoms with Crippen LogP contribution in [0.4, 0.5) is 5.69 Å². The molecule has 1 saturated heterocycles. The molecule has 0 saturated carbocycles. The van der Waals surface area contributed by atoms with Gasteiger partial charge in [0.25, 0.3) is 0 Å². The number of benzene rings is 1. The predicted octanol–water partition coefficient (Wildman–Crippen LogP) is 4.57. The highest BCUT2D eigenvalue weighted by Crippen LogP contribution is 2.32. The van der Waals surface area contributed by atoms with Crippen molar-refractivity contribution in [2.45, 2.75) is 13.2 Å². The van der Waals surface area contributed by atoms with Crippen LogP contribution < -0.4 is 14.4 Å². The molecule has 1 aliphatic rings. The van der Waals surface area contributed by atoms with Gasteiger partial charge < -0.3 is 14.4 Å². The zero-order chi connectivity index (χ0) is 27.3. The van der Waals surface area contributed by atoms with Crippen LogP contribution in [0.1, 0.15) is 16.7 Å². The summed E-state index contributed by atoms with van der Waals surface area (Å²) in [4.78, 5) is 13.3. The van der Waals surface area contributed by atoms with Gasteiger partial charge in [-0.1, -0.05) is 24.3 Å². The van der Waals surface area contributed by atoms with Gasteiger partial charge in [-0.15, -0.1) is 0 Å². The Hall–Kier alpha value is -4.94. The summed E-state index contributed by atoms with van der Waals surface area (Å²) < 4.78 is 13.0. The topological polar surface area (TPSA) is 91.8 Å². The average molecular weight is 532 g/mol. The van der Waals surface area contributed by atoms with Gasteiger partial charge in [0.05, 0.1) is 30.6 Å². The minimum Gasteiger partial charge on any atom is -0.487 e. The summed E-state index contributed by atoms with van der Waals surface area (Å²) in [6.07, 6.45) is 8.82. The first-order chi connectivity index (χ1) is 19.7. The number of piperazine rings is 1. The highest BCUT2D eigenvalue weighted by molar-refractivity contribution is 5.85. The van der Waals surface area contributed by atoms with Crippen molar-refractivity contribution in [2.75, 3.05) is 38.2 Å². The molecule has 0 unspecified atom stereocenters. The Bertz CT molecular complexity index is 1620. The van der Waals surface area contributed by atoms with Crippen molar-refractivity contribution in [3.63, 3.8) is 0 Å². The van der Waals surface area contributed by atoms with Crippen LogP contribution in [-0.4, -0.2) is 57.8 Å². The van der Waals surface area contributed by atoms with Crippen molar-refractivity contribution < 1.29 is 9.47 Å². The molecule has 5 heterocycles. The second-order valence-corrected chi connectivity index (χ2v) is 9.72. The van der Waals surface area contributed by atoms with Gasteiger partial charge in [0.15, 0.2) is 0 Å². The van der Waals surface area contributed by atoms with E-state index in [2.05, 4.69) is 61.3 Å². The first-order valence-electron chi connectivity index (χ1n) is 13.2. The molecule has 0 bridgehead atoms. The van der Waals surface area contributed by atoms with Crippen molar-refractivity contribution in [3.05, 3.63) is 102 Å². The predicted molar refractivity (Wildman–Crippen MR) is 152 cm³/mol. The van der Waals surface area contributed by atoms with Crippen LogP contribution in [-0.2, 0) is 13.2 Å². The lowest BCUT2D eigenvalue weighted by molar-refractivity contribution is 0.249. The van der Waals surface area contributed by atoms with E-state index in [1.807, 2.05) is 36.7 Å². The quantitative estimate of drug-likeness (QED) is 0.288. The lowest BCUT2D eigenvalue weighted by Gasteiger charge is -2.36. The smallest absolute Gasteiger partial charge is 0.212 e. The largest absolute Gasteiger partial charge is 0.487 e. The molecule has 0 N–H and O–H groups in total. The van der Waals surface area contributed by atoms with Crippen LogP contribution in [0.3, 0.4) is 0 Å². The number of ether oxygens (including phenoxy) is 2. The number of anilines is 1. The fourth-order valence-corrected chi connectivity index (χ4v) is 5.03. The maximum atomic E-state index is 9.71. The Morgan fingerprint density at radius 3 is 2.50 bits per heavy atom. The summed E-state index contributed by atoms with van der Waals surface area (Å²) in [6, 6.07) is 20.6. The van der Waals surface area contributed by atoms with Gasteiger partial charge in [-0.3, -0.25) is 9.88 Å². The fraction of sp³-hybridized carbons (Fsp3) is 0.226. The normalized spacial score (nSPS) is 13.8. The number of pyridine rings is 3. The number of fused-ring (bicyclic) bond motifs is 1. The molecule has 0 atom stereocenters. The molecule has 5 aromatic rings. The molecule has 1 aromatic carbocycles. The number of hydrogen-bond donors (Lipinski definition) is 0. The zero-order valence-corrected chi connectivity index (χ0v) is 22.3. The summed E-state index contributed by atoms with van der Waals surface area (Å²) >= 11 is 0. The van der Waals surface area contributed by atoms with Crippen molar-refractivity contribution in [1.82, 2.24) is 24.5 Å². The van der Waals surface area contributed by atoms with Gasteiger partial charge in [0.1, 0.15) is 18.4 Å². The molecule has 9 nitrogen and oxygen atoms in total. The first-order valence-corrected chi connectivity index (χ1v) is 13.2. The van der Waals surface area contributed by atoms with Crippen LogP contribution in [0.5, 0.6) is 11.6 Å². The summed E-state index contributed by atoms with van der Waals surface area (Å²) in [6.45, 7) is 5.13. The van der Waals surface area contributed by atoms with E-state index in [9.17, 15) is 5.26 Å². The van der Waals surface area contributed by atoms with Crippen molar-refractivity contribution in [2.24, 2.45) is 0 Å². The summed E-state index contributed by atoms with van der Waals surface area (Å²) in [5.74, 6) is 1.31. The van der Waals surface area contributed by atoms with E-state index < -0.39 is 0 Å². The molecule has 0 spiro atoms. The highest BCUT2D eigenvalue weighted by atomic mass is 16.5. The Balaban J connectivity index is 1.17. The second-order valence-electron chi connectivity index (χ2n) is 9.72. The van der Waals surface area contributed by atoms with Gasteiger partial charge in [-0.25, -0.2) is 9.50 Å². The SMILES string of the molecule is COc1ccc(CN2CCN(c3ccc(-c4cc(OCc5cccnc5)cn5ncc(C#N)c45)cc3)CC2)cn1. The molecule has 200 valence electrons.